The van der Waals surface area contributed by atoms with Gasteiger partial charge in [0.25, 0.3) is 0 Å². The molecule has 2 N–H and O–H groups in total. The molecule has 1 heterocycles. The highest BCUT2D eigenvalue weighted by molar-refractivity contribution is 6.06. The molecule has 30 heavy (non-hydrogen) atoms. The number of rotatable bonds is 6. The third-order valence-electron chi connectivity index (χ3n) is 7.32. The third kappa shape index (κ3) is 3.11. The van der Waals surface area contributed by atoms with Gasteiger partial charge in [-0.15, -0.1) is 0 Å². The summed E-state index contributed by atoms with van der Waals surface area (Å²) in [4.78, 5) is 31.2. The van der Waals surface area contributed by atoms with Crippen LogP contribution < -0.4 is 10.6 Å². The molecule has 6 nitrogen and oxygen atoms in total. The molecule has 158 valence electrons. The highest BCUT2D eigenvalue weighted by atomic mass is 19.1. The van der Waals surface area contributed by atoms with Crippen LogP contribution in [0.25, 0.3) is 0 Å². The summed E-state index contributed by atoms with van der Waals surface area (Å²) in [5.41, 5.74) is 1.16. The van der Waals surface area contributed by atoms with Crippen LogP contribution in [0.4, 0.5) is 4.39 Å². The molecule has 7 heteroatoms. The maximum atomic E-state index is 13.2. The van der Waals surface area contributed by atoms with Gasteiger partial charge < -0.3 is 10.6 Å². The molecule has 3 aliphatic carbocycles. The molecule has 4 aliphatic rings. The molecule has 2 saturated carbocycles. The van der Waals surface area contributed by atoms with E-state index in [1.165, 1.54) is 17.0 Å². The molecular weight excluding hydrogens is 383 g/mol. The van der Waals surface area contributed by atoms with Crippen molar-refractivity contribution < 1.29 is 14.0 Å². The van der Waals surface area contributed by atoms with Crippen LogP contribution >= 0.6 is 0 Å². The Hall–Kier alpha value is -2.70. The normalized spacial score (nSPS) is 30.7. The van der Waals surface area contributed by atoms with Crippen LogP contribution in [0.3, 0.4) is 0 Å². The van der Waals surface area contributed by atoms with Crippen LogP contribution in [-0.2, 0) is 15.0 Å². The summed E-state index contributed by atoms with van der Waals surface area (Å²) in [5, 5.41) is 6.56. The van der Waals surface area contributed by atoms with Gasteiger partial charge in [0.1, 0.15) is 5.82 Å². The second kappa shape index (κ2) is 7.22. The standard InChI is InChI=1S/C23H27FN4O2/c1-25-22(27-13-23(8-9-23)16-4-6-17(24)7-5-16)26-10-11-28-20(29)18-14-2-3-15(12-14)19(18)21(28)30/h2-7,14-15,18-19H,8-13H2,1H3,(H2,25,26,27). The number of aliphatic imine (C=N–C) groups is 1. The Balaban J connectivity index is 1.13. The number of carbonyl (C=O) groups is 2. The first-order valence-electron chi connectivity index (χ1n) is 10.8. The number of nitrogens with one attached hydrogen (secondary N) is 2. The zero-order valence-corrected chi connectivity index (χ0v) is 17.1. The summed E-state index contributed by atoms with van der Waals surface area (Å²) in [6.45, 7) is 1.52. The summed E-state index contributed by atoms with van der Waals surface area (Å²) in [6, 6.07) is 6.71. The number of fused-ring (bicyclic) bond motifs is 5. The lowest BCUT2D eigenvalue weighted by atomic mass is 9.85. The minimum Gasteiger partial charge on any atom is -0.356 e. The van der Waals surface area contributed by atoms with Gasteiger partial charge in [0.15, 0.2) is 5.96 Å². The zero-order chi connectivity index (χ0) is 20.9. The molecule has 0 radical (unpaired) electrons. The molecule has 0 spiro atoms. The van der Waals surface area contributed by atoms with Crippen molar-refractivity contribution in [1.29, 1.82) is 0 Å². The molecule has 1 saturated heterocycles. The largest absolute Gasteiger partial charge is 0.356 e. The van der Waals surface area contributed by atoms with Crippen LogP contribution in [0.2, 0.25) is 0 Å². The van der Waals surface area contributed by atoms with Gasteiger partial charge >= 0.3 is 0 Å². The number of guanidine groups is 1. The zero-order valence-electron chi connectivity index (χ0n) is 17.1. The maximum absolute atomic E-state index is 13.2. The van der Waals surface area contributed by atoms with Gasteiger partial charge in [-0.25, -0.2) is 4.39 Å². The third-order valence-corrected chi connectivity index (χ3v) is 7.32. The Kier molecular flexibility index (Phi) is 4.64. The fourth-order valence-corrected chi connectivity index (χ4v) is 5.47. The fourth-order valence-electron chi connectivity index (χ4n) is 5.47. The quantitative estimate of drug-likeness (QED) is 0.325. The predicted molar refractivity (Wildman–Crippen MR) is 111 cm³/mol. The summed E-state index contributed by atoms with van der Waals surface area (Å²) >= 11 is 0. The van der Waals surface area contributed by atoms with Crippen LogP contribution in [0, 0.1) is 29.5 Å². The molecule has 0 aromatic heterocycles. The van der Waals surface area contributed by atoms with Crippen LogP contribution in [-0.4, -0.2) is 49.4 Å². The average molecular weight is 410 g/mol. The van der Waals surface area contributed by atoms with E-state index in [1.54, 1.807) is 7.05 Å². The first-order valence-corrected chi connectivity index (χ1v) is 10.8. The number of hydrogen-bond acceptors (Lipinski definition) is 3. The Bertz CT molecular complexity index is 892. The van der Waals surface area contributed by atoms with E-state index in [0.717, 1.165) is 24.8 Å². The average Bonchev–Trinajstić information content (AvgIpc) is 3.13. The molecule has 1 aliphatic heterocycles. The monoisotopic (exact) mass is 410 g/mol. The first-order chi connectivity index (χ1) is 14.5. The minimum atomic E-state index is -0.223. The highest BCUT2D eigenvalue weighted by Crippen LogP contribution is 2.52. The van der Waals surface area contributed by atoms with Gasteiger partial charge in [-0.2, -0.15) is 0 Å². The molecule has 4 atom stereocenters. The van der Waals surface area contributed by atoms with Gasteiger partial charge in [-0.1, -0.05) is 24.3 Å². The molecule has 4 unspecified atom stereocenters. The number of amides is 2. The van der Waals surface area contributed by atoms with Crippen LogP contribution in [0.15, 0.2) is 41.4 Å². The Morgan fingerprint density at radius 2 is 1.73 bits per heavy atom. The SMILES string of the molecule is CN=C(NCCN1C(=O)C2C3C=CC(C3)C2C1=O)NCC1(c2ccc(F)cc2)CC1. The van der Waals surface area contributed by atoms with Crippen molar-refractivity contribution in [2.45, 2.75) is 24.7 Å². The number of likely N-dealkylation sites (tertiary alicyclic amines) is 1. The maximum Gasteiger partial charge on any atom is 0.233 e. The number of imide groups is 1. The van der Waals surface area contributed by atoms with Crippen molar-refractivity contribution in [3.05, 3.63) is 47.8 Å². The van der Waals surface area contributed by atoms with Crippen molar-refractivity contribution >= 4 is 17.8 Å². The van der Waals surface area contributed by atoms with E-state index in [1.807, 2.05) is 12.1 Å². The molecule has 3 fully saturated rings. The summed E-state index contributed by atoms with van der Waals surface area (Å²) < 4.78 is 13.2. The first kappa shape index (κ1) is 19.3. The molecule has 2 amide bonds. The Morgan fingerprint density at radius 1 is 1.10 bits per heavy atom. The van der Waals surface area contributed by atoms with Crippen molar-refractivity contribution in [3.63, 3.8) is 0 Å². The van der Waals surface area contributed by atoms with Crippen molar-refractivity contribution in [1.82, 2.24) is 15.5 Å². The molecule has 1 aromatic carbocycles. The molecule has 1 aromatic rings. The van der Waals surface area contributed by atoms with Gasteiger partial charge in [-0.3, -0.25) is 19.5 Å². The predicted octanol–water partition coefficient (Wildman–Crippen LogP) is 1.83. The lowest BCUT2D eigenvalue weighted by Gasteiger charge is -2.21. The number of halogens is 1. The van der Waals surface area contributed by atoms with Gasteiger partial charge in [-0.05, 0) is 48.8 Å². The molecular formula is C23H27FN4O2. The number of benzene rings is 1. The number of nitrogens with zero attached hydrogens (tertiary/aromatic N) is 2. The van der Waals surface area contributed by atoms with E-state index in [4.69, 9.17) is 0 Å². The lowest BCUT2D eigenvalue weighted by molar-refractivity contribution is -0.140. The fraction of sp³-hybridized carbons (Fsp3) is 0.522. The van der Waals surface area contributed by atoms with E-state index < -0.39 is 0 Å². The van der Waals surface area contributed by atoms with Gasteiger partial charge in [0.2, 0.25) is 11.8 Å². The smallest absolute Gasteiger partial charge is 0.233 e. The van der Waals surface area contributed by atoms with E-state index in [9.17, 15) is 14.0 Å². The number of allylic oxidation sites excluding steroid dienone is 2. The highest BCUT2D eigenvalue weighted by Gasteiger charge is 2.58. The second-order valence-electron chi connectivity index (χ2n) is 8.97. The van der Waals surface area contributed by atoms with E-state index >= 15 is 0 Å². The van der Waals surface area contributed by atoms with Crippen molar-refractivity contribution in [3.8, 4) is 0 Å². The minimum absolute atomic E-state index is 0.0140. The Labute approximate surface area is 175 Å². The summed E-state index contributed by atoms with van der Waals surface area (Å²) in [5.74, 6) is 0.587. The molecule has 2 bridgehead atoms. The number of carbonyl (C=O) groups excluding carboxylic acids is 2. The van der Waals surface area contributed by atoms with Gasteiger partial charge in [0.05, 0.1) is 11.8 Å². The Morgan fingerprint density at radius 3 is 2.30 bits per heavy atom. The van der Waals surface area contributed by atoms with Crippen molar-refractivity contribution in [2.75, 3.05) is 26.7 Å². The summed E-state index contributed by atoms with van der Waals surface area (Å²) in [7, 11) is 1.70. The second-order valence-corrected chi connectivity index (χ2v) is 8.97. The van der Waals surface area contributed by atoms with E-state index in [-0.39, 0.29) is 46.7 Å². The summed E-state index contributed by atoms with van der Waals surface area (Å²) in [6.07, 6.45) is 7.28. The van der Waals surface area contributed by atoms with Crippen LogP contribution in [0.5, 0.6) is 0 Å². The lowest BCUT2D eigenvalue weighted by Crippen LogP contribution is -2.45. The van der Waals surface area contributed by atoms with Gasteiger partial charge in [0, 0.05) is 32.1 Å². The van der Waals surface area contributed by atoms with E-state index in [0.29, 0.717) is 25.6 Å². The van der Waals surface area contributed by atoms with Crippen molar-refractivity contribution in [2.24, 2.45) is 28.7 Å². The topological polar surface area (TPSA) is 73.8 Å². The number of hydrogen-bond donors (Lipinski definition) is 2. The molecule has 5 rings (SSSR count). The van der Waals surface area contributed by atoms with E-state index in [2.05, 4.69) is 27.8 Å². The van der Waals surface area contributed by atoms with Crippen LogP contribution in [0.1, 0.15) is 24.8 Å².